The molecule has 3 atom stereocenters. The second-order valence-corrected chi connectivity index (χ2v) is 7.18. The van der Waals surface area contributed by atoms with Crippen LogP contribution in [0.5, 0.6) is 0 Å². The third-order valence-corrected chi connectivity index (χ3v) is 5.72. The van der Waals surface area contributed by atoms with E-state index in [1.807, 2.05) is 0 Å². The van der Waals surface area contributed by atoms with Gasteiger partial charge in [0.15, 0.2) is 5.03 Å². The van der Waals surface area contributed by atoms with Gasteiger partial charge in [-0.1, -0.05) is 20.3 Å². The highest BCUT2D eigenvalue weighted by atomic mass is 32.2. The minimum atomic E-state index is -3.70. The quantitative estimate of drug-likeness (QED) is 0.865. The van der Waals surface area contributed by atoms with E-state index >= 15 is 0 Å². The van der Waals surface area contributed by atoms with E-state index in [0.717, 1.165) is 25.5 Å². The minimum Gasteiger partial charge on any atom is -0.478 e. The lowest BCUT2D eigenvalue weighted by Crippen LogP contribution is -2.37. The van der Waals surface area contributed by atoms with Crippen LogP contribution < -0.4 is 4.72 Å². The molecule has 1 aromatic rings. The van der Waals surface area contributed by atoms with Crippen LogP contribution in [0, 0.1) is 11.8 Å². The summed E-state index contributed by atoms with van der Waals surface area (Å²) in [5.74, 6) is -0.294. The van der Waals surface area contributed by atoms with Gasteiger partial charge in [0.1, 0.15) is 0 Å². The molecule has 116 valence electrons. The van der Waals surface area contributed by atoms with Gasteiger partial charge >= 0.3 is 5.97 Å². The SMILES string of the molecule is CCC1CCC(NS(=O)(=O)c2ccc(C(=O)O)cn2)C1C. The van der Waals surface area contributed by atoms with E-state index in [4.69, 9.17) is 5.11 Å². The van der Waals surface area contributed by atoms with Crippen LogP contribution in [0.15, 0.2) is 23.4 Å². The number of rotatable bonds is 5. The summed E-state index contributed by atoms with van der Waals surface area (Å²) in [6.07, 6.45) is 3.96. The van der Waals surface area contributed by atoms with E-state index in [0.29, 0.717) is 11.8 Å². The highest BCUT2D eigenvalue weighted by Crippen LogP contribution is 2.34. The highest BCUT2D eigenvalue weighted by Gasteiger charge is 2.34. The summed E-state index contributed by atoms with van der Waals surface area (Å²) in [6, 6.07) is 2.39. The molecule has 7 heteroatoms. The zero-order chi connectivity index (χ0) is 15.6. The minimum absolute atomic E-state index is 0.0331. The van der Waals surface area contributed by atoms with Crippen molar-refractivity contribution in [3.63, 3.8) is 0 Å². The van der Waals surface area contributed by atoms with Gasteiger partial charge in [-0.25, -0.2) is 22.9 Å². The van der Waals surface area contributed by atoms with Crippen LogP contribution in [0.1, 0.15) is 43.5 Å². The molecule has 0 aromatic carbocycles. The van der Waals surface area contributed by atoms with Crippen molar-refractivity contribution in [3.05, 3.63) is 23.9 Å². The molecule has 0 radical (unpaired) electrons. The van der Waals surface area contributed by atoms with E-state index in [-0.39, 0.29) is 16.6 Å². The first-order valence-electron chi connectivity index (χ1n) is 7.07. The Kier molecular flexibility index (Phi) is 4.63. The largest absolute Gasteiger partial charge is 0.478 e. The summed E-state index contributed by atoms with van der Waals surface area (Å²) in [6.45, 7) is 4.18. The monoisotopic (exact) mass is 312 g/mol. The van der Waals surface area contributed by atoms with Gasteiger partial charge in [-0.3, -0.25) is 0 Å². The molecule has 2 N–H and O–H groups in total. The zero-order valence-electron chi connectivity index (χ0n) is 12.1. The molecule has 1 heterocycles. The Balaban J connectivity index is 2.13. The Morgan fingerprint density at radius 2 is 2.14 bits per heavy atom. The topological polar surface area (TPSA) is 96.4 Å². The fraction of sp³-hybridized carbons (Fsp3) is 0.571. The maximum atomic E-state index is 12.3. The third-order valence-electron chi connectivity index (χ3n) is 4.32. The van der Waals surface area contributed by atoms with Crippen LogP contribution in [0.3, 0.4) is 0 Å². The van der Waals surface area contributed by atoms with Crippen molar-refractivity contribution >= 4 is 16.0 Å². The molecule has 1 saturated carbocycles. The third kappa shape index (κ3) is 3.41. The van der Waals surface area contributed by atoms with Crippen LogP contribution in [-0.4, -0.2) is 30.5 Å². The molecule has 3 unspecified atom stereocenters. The summed E-state index contributed by atoms with van der Waals surface area (Å²) in [5, 5.41) is 8.66. The molecule has 0 spiro atoms. The van der Waals surface area contributed by atoms with Crippen LogP contribution in [0.4, 0.5) is 0 Å². The van der Waals surface area contributed by atoms with Crippen LogP contribution in [0.25, 0.3) is 0 Å². The molecule has 0 saturated heterocycles. The van der Waals surface area contributed by atoms with Crippen molar-refractivity contribution in [2.24, 2.45) is 11.8 Å². The Bertz CT molecular complexity index is 612. The molecular weight excluding hydrogens is 292 g/mol. The summed E-state index contributed by atoms with van der Waals surface area (Å²) in [7, 11) is -3.70. The summed E-state index contributed by atoms with van der Waals surface area (Å²) in [5.41, 5.74) is -0.0331. The van der Waals surface area contributed by atoms with E-state index < -0.39 is 16.0 Å². The Morgan fingerprint density at radius 3 is 2.62 bits per heavy atom. The lowest BCUT2D eigenvalue weighted by molar-refractivity contribution is 0.0696. The van der Waals surface area contributed by atoms with Crippen molar-refractivity contribution < 1.29 is 18.3 Å². The predicted molar refractivity (Wildman–Crippen MR) is 77.5 cm³/mol. The zero-order valence-corrected chi connectivity index (χ0v) is 12.9. The van der Waals surface area contributed by atoms with Gasteiger partial charge in [-0.05, 0) is 36.8 Å². The molecule has 0 aliphatic heterocycles. The standard InChI is InChI=1S/C14H20N2O4S/c1-3-10-4-6-12(9(10)2)16-21(19,20)13-7-5-11(8-15-13)14(17)18/h5,7-10,12,16H,3-4,6H2,1-2H3,(H,17,18). The summed E-state index contributed by atoms with van der Waals surface area (Å²) >= 11 is 0. The molecular formula is C14H20N2O4S. The van der Waals surface area contributed by atoms with Gasteiger partial charge in [-0.2, -0.15) is 0 Å². The first-order valence-corrected chi connectivity index (χ1v) is 8.55. The Morgan fingerprint density at radius 1 is 1.43 bits per heavy atom. The fourth-order valence-corrected chi connectivity index (χ4v) is 4.21. The van der Waals surface area contributed by atoms with Gasteiger partial charge in [0.05, 0.1) is 5.56 Å². The maximum Gasteiger partial charge on any atom is 0.337 e. The number of carboxylic acids is 1. The number of nitrogens with one attached hydrogen (secondary N) is 1. The maximum absolute atomic E-state index is 12.3. The lowest BCUT2D eigenvalue weighted by Gasteiger charge is -2.20. The number of aromatic carboxylic acids is 1. The first kappa shape index (κ1) is 15.9. The van der Waals surface area contributed by atoms with Crippen LogP contribution >= 0.6 is 0 Å². The molecule has 1 aromatic heterocycles. The number of aromatic nitrogens is 1. The normalized spacial score (nSPS) is 25.9. The molecule has 1 aliphatic rings. The molecule has 0 amide bonds. The first-order chi connectivity index (χ1) is 9.85. The molecule has 1 fully saturated rings. The average molecular weight is 312 g/mol. The molecule has 21 heavy (non-hydrogen) atoms. The van der Waals surface area contributed by atoms with Gasteiger partial charge in [0.2, 0.25) is 0 Å². The summed E-state index contributed by atoms with van der Waals surface area (Å²) in [4.78, 5) is 14.5. The second kappa shape index (κ2) is 6.11. The van der Waals surface area contributed by atoms with Crippen molar-refractivity contribution in [1.82, 2.24) is 9.71 Å². The molecule has 6 nitrogen and oxygen atoms in total. The second-order valence-electron chi connectivity index (χ2n) is 5.52. The smallest absolute Gasteiger partial charge is 0.337 e. The predicted octanol–water partition coefficient (Wildman–Crippen LogP) is 1.88. The van der Waals surface area contributed by atoms with Gasteiger partial charge in [0, 0.05) is 12.2 Å². The average Bonchev–Trinajstić information content (AvgIpc) is 2.79. The van der Waals surface area contributed by atoms with E-state index in [9.17, 15) is 13.2 Å². The molecule has 0 bridgehead atoms. The number of carboxylic acid groups (broad SMARTS) is 1. The van der Waals surface area contributed by atoms with E-state index in [1.165, 1.54) is 12.1 Å². The molecule has 1 aliphatic carbocycles. The number of hydrogen-bond donors (Lipinski definition) is 2. The number of pyridine rings is 1. The number of nitrogens with zero attached hydrogens (tertiary/aromatic N) is 1. The van der Waals surface area contributed by atoms with Gasteiger partial charge < -0.3 is 5.11 Å². The number of hydrogen-bond acceptors (Lipinski definition) is 4. The highest BCUT2D eigenvalue weighted by molar-refractivity contribution is 7.89. The lowest BCUT2D eigenvalue weighted by atomic mass is 9.94. The van der Waals surface area contributed by atoms with Crippen LogP contribution in [-0.2, 0) is 10.0 Å². The van der Waals surface area contributed by atoms with Gasteiger partial charge in [-0.15, -0.1) is 0 Å². The Labute approximate surface area is 124 Å². The molecule has 2 rings (SSSR count). The number of sulfonamides is 1. The summed E-state index contributed by atoms with van der Waals surface area (Å²) < 4.78 is 27.3. The van der Waals surface area contributed by atoms with Crippen LogP contribution in [0.2, 0.25) is 0 Å². The van der Waals surface area contributed by atoms with Crippen molar-refractivity contribution in [1.29, 1.82) is 0 Å². The fourth-order valence-electron chi connectivity index (χ4n) is 2.92. The van der Waals surface area contributed by atoms with Crippen molar-refractivity contribution in [3.8, 4) is 0 Å². The van der Waals surface area contributed by atoms with Gasteiger partial charge in [0.25, 0.3) is 10.0 Å². The van der Waals surface area contributed by atoms with Crippen molar-refractivity contribution in [2.45, 2.75) is 44.2 Å². The number of carbonyl (C=O) groups is 1. The van der Waals surface area contributed by atoms with E-state index in [2.05, 4.69) is 23.6 Å². The van der Waals surface area contributed by atoms with E-state index in [1.54, 1.807) is 0 Å². The Hall–Kier alpha value is -1.47. The van der Waals surface area contributed by atoms with Crippen molar-refractivity contribution in [2.75, 3.05) is 0 Å².